The maximum atomic E-state index is 9.43. The molecule has 10 heteroatoms. The number of nitrogens with one attached hydrogen (secondary N) is 2. The lowest BCUT2D eigenvalue weighted by molar-refractivity contribution is 0.277. The second-order valence-electron chi connectivity index (χ2n) is 6.82. The lowest BCUT2D eigenvalue weighted by Gasteiger charge is -2.11. The number of nitriles is 1. The Kier molecular flexibility index (Phi) is 5.86. The fourth-order valence-corrected chi connectivity index (χ4v) is 3.10. The molecule has 4 rings (SSSR count). The molecule has 0 fully saturated rings. The number of aliphatic hydroxyl groups is 1. The minimum atomic E-state index is -0.00974. The van der Waals surface area contributed by atoms with Crippen LogP contribution in [0.3, 0.4) is 0 Å². The van der Waals surface area contributed by atoms with Gasteiger partial charge in [0.25, 0.3) is 0 Å². The van der Waals surface area contributed by atoms with Crippen LogP contribution in [0.5, 0.6) is 0 Å². The van der Waals surface area contributed by atoms with Crippen molar-refractivity contribution in [2.45, 2.75) is 13.1 Å². The molecule has 10 nitrogen and oxygen atoms in total. The molecule has 4 aromatic rings. The number of rotatable bonds is 8. The second kappa shape index (κ2) is 9.06. The minimum absolute atomic E-state index is 0.00974. The van der Waals surface area contributed by atoms with Crippen molar-refractivity contribution < 1.29 is 5.11 Å². The lowest BCUT2D eigenvalue weighted by Crippen LogP contribution is -2.10. The highest BCUT2D eigenvalue weighted by molar-refractivity contribution is 5.63. The Bertz CT molecular complexity index is 1220. The van der Waals surface area contributed by atoms with Crippen molar-refractivity contribution in [3.63, 3.8) is 0 Å². The van der Waals surface area contributed by atoms with Gasteiger partial charge in [-0.2, -0.15) is 15.3 Å². The lowest BCUT2D eigenvalue weighted by atomic mass is 10.1. The average Bonchev–Trinajstić information content (AvgIpc) is 3.42. The van der Waals surface area contributed by atoms with Crippen molar-refractivity contribution in [2.75, 3.05) is 17.2 Å². The van der Waals surface area contributed by atoms with E-state index in [2.05, 4.69) is 42.8 Å². The zero-order chi connectivity index (χ0) is 21.6. The van der Waals surface area contributed by atoms with Crippen LogP contribution in [0.15, 0.2) is 55.2 Å². The molecule has 0 saturated heterocycles. The number of aliphatic hydroxyl groups excluding tert-OH is 1. The number of nitrogens with zero attached hydrogens (tertiary/aromatic N) is 7. The normalized spacial score (nSPS) is 10.6. The van der Waals surface area contributed by atoms with E-state index in [0.717, 1.165) is 16.7 Å². The van der Waals surface area contributed by atoms with Crippen LogP contribution in [0, 0.1) is 11.3 Å². The topological polar surface area (TPSA) is 130 Å². The maximum absolute atomic E-state index is 9.43. The summed E-state index contributed by atoms with van der Waals surface area (Å²) in [6, 6.07) is 10.2. The van der Waals surface area contributed by atoms with Gasteiger partial charge < -0.3 is 15.0 Å². The summed E-state index contributed by atoms with van der Waals surface area (Å²) in [5.74, 6) is 1.23. The van der Waals surface area contributed by atoms with Gasteiger partial charge in [0.1, 0.15) is 17.5 Å². The molecular formula is C21H21N9O. The summed E-state index contributed by atoms with van der Waals surface area (Å²) in [4.78, 5) is 12.8. The third-order valence-electron chi connectivity index (χ3n) is 4.61. The van der Waals surface area contributed by atoms with Gasteiger partial charge in [0.2, 0.25) is 11.9 Å². The molecule has 0 radical (unpaired) electrons. The Labute approximate surface area is 178 Å². The van der Waals surface area contributed by atoms with Gasteiger partial charge in [0.15, 0.2) is 0 Å². The fraction of sp³-hybridized carbons (Fsp3) is 0.190. The highest BCUT2D eigenvalue weighted by atomic mass is 16.3. The van der Waals surface area contributed by atoms with Crippen LogP contribution >= 0.6 is 0 Å². The molecule has 0 unspecified atom stereocenters. The number of aryl methyl sites for hydroxylation is 1. The molecule has 0 aliphatic rings. The molecule has 156 valence electrons. The monoisotopic (exact) mass is 415 g/mol. The molecular weight excluding hydrogens is 394 g/mol. The largest absolute Gasteiger partial charge is 0.395 e. The van der Waals surface area contributed by atoms with E-state index in [0.29, 0.717) is 36.4 Å². The number of imidazole rings is 1. The second-order valence-corrected chi connectivity index (χ2v) is 6.82. The Morgan fingerprint density at radius 3 is 2.87 bits per heavy atom. The van der Waals surface area contributed by atoms with Crippen molar-refractivity contribution in [1.82, 2.24) is 29.3 Å². The first kappa shape index (κ1) is 20.1. The number of benzene rings is 1. The number of hydrogen-bond donors (Lipinski definition) is 3. The molecule has 0 aliphatic heterocycles. The first-order valence-corrected chi connectivity index (χ1v) is 9.64. The Hall–Kier alpha value is -4.23. The zero-order valence-electron chi connectivity index (χ0n) is 16.9. The van der Waals surface area contributed by atoms with Crippen molar-refractivity contribution in [2.24, 2.45) is 7.05 Å². The van der Waals surface area contributed by atoms with Gasteiger partial charge in [-0.25, -0.2) is 9.97 Å². The van der Waals surface area contributed by atoms with Crippen LogP contribution in [0.1, 0.15) is 11.1 Å². The van der Waals surface area contributed by atoms with Crippen LogP contribution in [-0.4, -0.2) is 41.0 Å². The predicted octanol–water partition coefficient (Wildman–Crippen LogP) is 2.29. The summed E-state index contributed by atoms with van der Waals surface area (Å²) >= 11 is 0. The molecule has 0 saturated carbocycles. The summed E-state index contributed by atoms with van der Waals surface area (Å²) in [6.07, 6.45) is 8.61. The van der Waals surface area contributed by atoms with Crippen LogP contribution in [0.4, 0.5) is 17.7 Å². The van der Waals surface area contributed by atoms with E-state index in [1.165, 1.54) is 6.20 Å². The number of hydrogen-bond acceptors (Lipinski definition) is 8. The van der Waals surface area contributed by atoms with E-state index in [9.17, 15) is 5.26 Å². The van der Waals surface area contributed by atoms with Gasteiger partial charge in [0, 0.05) is 44.3 Å². The first-order chi connectivity index (χ1) is 15.2. The van der Waals surface area contributed by atoms with Gasteiger partial charge in [-0.1, -0.05) is 18.2 Å². The van der Waals surface area contributed by atoms with Crippen LogP contribution in [0.2, 0.25) is 0 Å². The molecule has 3 heterocycles. The van der Waals surface area contributed by atoms with Crippen molar-refractivity contribution in [1.29, 1.82) is 5.26 Å². The Morgan fingerprint density at radius 1 is 1.19 bits per heavy atom. The van der Waals surface area contributed by atoms with Crippen molar-refractivity contribution >= 4 is 17.7 Å². The van der Waals surface area contributed by atoms with E-state index < -0.39 is 0 Å². The number of aromatic nitrogens is 6. The van der Waals surface area contributed by atoms with Gasteiger partial charge >= 0.3 is 0 Å². The van der Waals surface area contributed by atoms with Crippen molar-refractivity contribution in [3.05, 3.63) is 66.4 Å². The Morgan fingerprint density at radius 2 is 2.10 bits per heavy atom. The first-order valence-electron chi connectivity index (χ1n) is 9.64. The predicted molar refractivity (Wildman–Crippen MR) is 115 cm³/mol. The molecule has 0 bridgehead atoms. The average molecular weight is 415 g/mol. The van der Waals surface area contributed by atoms with E-state index in [-0.39, 0.29) is 6.61 Å². The summed E-state index contributed by atoms with van der Waals surface area (Å²) in [5, 5.41) is 29.0. The zero-order valence-corrected chi connectivity index (χ0v) is 16.9. The summed E-state index contributed by atoms with van der Waals surface area (Å²) in [6.45, 7) is 0.875. The van der Waals surface area contributed by atoms with Crippen molar-refractivity contribution in [3.8, 4) is 17.2 Å². The van der Waals surface area contributed by atoms with Crippen LogP contribution in [-0.2, 0) is 20.1 Å². The van der Waals surface area contributed by atoms with Crippen LogP contribution < -0.4 is 10.6 Å². The van der Waals surface area contributed by atoms with E-state index in [1.54, 1.807) is 21.6 Å². The van der Waals surface area contributed by atoms with Gasteiger partial charge in [-0.3, -0.25) is 10.00 Å². The van der Waals surface area contributed by atoms with Gasteiger partial charge in [-0.15, -0.1) is 0 Å². The van der Waals surface area contributed by atoms with E-state index in [4.69, 9.17) is 5.11 Å². The highest BCUT2D eigenvalue weighted by Crippen LogP contribution is 2.21. The summed E-state index contributed by atoms with van der Waals surface area (Å²) in [5.41, 5.74) is 3.48. The molecule has 0 spiro atoms. The van der Waals surface area contributed by atoms with Gasteiger partial charge in [0.05, 0.1) is 19.0 Å². The smallest absolute Gasteiger partial charge is 0.231 e. The fourth-order valence-electron chi connectivity index (χ4n) is 3.10. The van der Waals surface area contributed by atoms with E-state index >= 15 is 0 Å². The highest BCUT2D eigenvalue weighted by Gasteiger charge is 2.10. The van der Waals surface area contributed by atoms with Gasteiger partial charge in [-0.05, 0) is 17.2 Å². The quantitative estimate of drug-likeness (QED) is 0.400. The molecule has 31 heavy (non-hydrogen) atoms. The molecule has 0 amide bonds. The molecule has 1 aromatic carbocycles. The summed E-state index contributed by atoms with van der Waals surface area (Å²) < 4.78 is 3.51. The van der Waals surface area contributed by atoms with E-state index in [1.807, 2.05) is 37.6 Å². The third-order valence-corrected chi connectivity index (χ3v) is 4.61. The molecule has 0 atom stereocenters. The number of anilines is 3. The van der Waals surface area contributed by atoms with Crippen LogP contribution in [0.25, 0.3) is 11.1 Å². The third kappa shape index (κ3) is 4.68. The molecule has 3 aromatic heterocycles. The molecule has 0 aliphatic carbocycles. The Balaban J connectivity index is 1.51. The standard InChI is InChI=1S/C21H21N9O/c1-29-14-18(13-26-29)16-4-2-3-15(9-16)11-24-19-17(10-22)12-25-20(27-19)28-21-23-5-6-30(21)7-8-31/h2-6,9,12-14,31H,7-8,11H2,1H3,(H2,23,24,25,27,28). The SMILES string of the molecule is Cn1cc(-c2cccc(CNc3nc(Nc4nccn4CCO)ncc3C#N)c2)cn1. The maximum Gasteiger partial charge on any atom is 0.231 e. The minimum Gasteiger partial charge on any atom is -0.395 e. The summed E-state index contributed by atoms with van der Waals surface area (Å²) in [7, 11) is 1.88. The molecule has 3 N–H and O–H groups in total.